The number of nitrogens with one attached hydrogen (secondary N) is 1. The summed E-state index contributed by atoms with van der Waals surface area (Å²) in [7, 11) is 0. The smallest absolute Gasteiger partial charge is 0.326 e. The summed E-state index contributed by atoms with van der Waals surface area (Å²) in [6.07, 6.45) is 4.05. The van der Waals surface area contributed by atoms with E-state index in [-0.39, 0.29) is 25.2 Å². The van der Waals surface area contributed by atoms with Crippen LogP contribution in [0.15, 0.2) is 0 Å². The fraction of sp³-hybridized carbons (Fsp3) is 0.833. The average molecular weight is 258 g/mol. The Balaban J connectivity index is 2.55. The molecule has 18 heavy (non-hydrogen) atoms. The minimum Gasteiger partial charge on any atom is -0.480 e. The molecule has 0 radical (unpaired) electrons. The second kappa shape index (κ2) is 7.20. The van der Waals surface area contributed by atoms with Gasteiger partial charge in [-0.1, -0.05) is 13.3 Å². The van der Waals surface area contributed by atoms with Crippen LogP contribution in [0.5, 0.6) is 0 Å². The zero-order chi connectivity index (χ0) is 13.5. The van der Waals surface area contributed by atoms with E-state index in [2.05, 4.69) is 5.32 Å². The number of rotatable bonds is 7. The molecule has 1 atom stereocenters. The van der Waals surface area contributed by atoms with Crippen LogP contribution in [-0.2, 0) is 4.79 Å². The predicted octanol–water partition coefficient (Wildman–Crippen LogP) is 0.796. The molecule has 1 saturated carbocycles. The molecule has 2 amide bonds. The van der Waals surface area contributed by atoms with Crippen molar-refractivity contribution in [2.24, 2.45) is 0 Å². The van der Waals surface area contributed by atoms with E-state index in [1.807, 2.05) is 6.92 Å². The second-order valence-electron chi connectivity index (χ2n) is 4.63. The van der Waals surface area contributed by atoms with Crippen molar-refractivity contribution in [2.75, 3.05) is 13.2 Å². The SMILES string of the molecule is CCC[C@H](NC(=O)N(CCO)C1CCC1)C(=O)O. The molecule has 0 bridgehead atoms. The number of hydrogen-bond acceptors (Lipinski definition) is 3. The number of aliphatic hydroxyl groups is 1. The summed E-state index contributed by atoms with van der Waals surface area (Å²) in [6.45, 7) is 2.03. The zero-order valence-electron chi connectivity index (χ0n) is 10.8. The van der Waals surface area contributed by atoms with Gasteiger partial charge in [0.15, 0.2) is 0 Å². The topological polar surface area (TPSA) is 89.9 Å². The van der Waals surface area contributed by atoms with Crippen molar-refractivity contribution in [3.05, 3.63) is 0 Å². The lowest BCUT2D eigenvalue weighted by molar-refractivity contribution is -0.139. The number of aliphatic carboxylic acids is 1. The van der Waals surface area contributed by atoms with Gasteiger partial charge in [-0.25, -0.2) is 9.59 Å². The lowest BCUT2D eigenvalue weighted by atomic mass is 9.91. The second-order valence-corrected chi connectivity index (χ2v) is 4.63. The maximum absolute atomic E-state index is 12.0. The van der Waals surface area contributed by atoms with Gasteiger partial charge in [0.05, 0.1) is 6.61 Å². The fourth-order valence-electron chi connectivity index (χ4n) is 2.03. The van der Waals surface area contributed by atoms with Gasteiger partial charge in [0.1, 0.15) is 6.04 Å². The van der Waals surface area contributed by atoms with Crippen molar-refractivity contribution in [1.29, 1.82) is 0 Å². The molecule has 0 aromatic heterocycles. The summed E-state index contributed by atoms with van der Waals surface area (Å²) in [5, 5.41) is 20.5. The maximum Gasteiger partial charge on any atom is 0.326 e. The minimum atomic E-state index is -1.01. The Morgan fingerprint density at radius 3 is 2.50 bits per heavy atom. The van der Waals surface area contributed by atoms with Gasteiger partial charge in [0.25, 0.3) is 0 Å². The maximum atomic E-state index is 12.0. The summed E-state index contributed by atoms with van der Waals surface area (Å²) in [5.41, 5.74) is 0. The highest BCUT2D eigenvalue weighted by Gasteiger charge is 2.30. The van der Waals surface area contributed by atoms with Crippen LogP contribution in [-0.4, -0.2) is 52.3 Å². The van der Waals surface area contributed by atoms with E-state index in [1.165, 1.54) is 0 Å². The first-order valence-electron chi connectivity index (χ1n) is 6.51. The van der Waals surface area contributed by atoms with Crippen LogP contribution in [0.4, 0.5) is 4.79 Å². The highest BCUT2D eigenvalue weighted by atomic mass is 16.4. The Morgan fingerprint density at radius 2 is 2.11 bits per heavy atom. The summed E-state index contributed by atoms with van der Waals surface area (Å²) < 4.78 is 0. The molecule has 6 heteroatoms. The third-order valence-corrected chi connectivity index (χ3v) is 3.29. The quantitative estimate of drug-likeness (QED) is 0.630. The van der Waals surface area contributed by atoms with Gasteiger partial charge in [-0.15, -0.1) is 0 Å². The highest BCUT2D eigenvalue weighted by Crippen LogP contribution is 2.24. The predicted molar refractivity (Wildman–Crippen MR) is 66.3 cm³/mol. The lowest BCUT2D eigenvalue weighted by Gasteiger charge is -2.37. The van der Waals surface area contributed by atoms with Crippen molar-refractivity contribution >= 4 is 12.0 Å². The number of nitrogens with zero attached hydrogens (tertiary/aromatic N) is 1. The summed E-state index contributed by atoms with van der Waals surface area (Å²) in [6, 6.07) is -1.08. The molecule has 0 saturated heterocycles. The zero-order valence-corrected chi connectivity index (χ0v) is 10.8. The molecule has 0 unspecified atom stereocenters. The number of hydrogen-bond donors (Lipinski definition) is 3. The van der Waals surface area contributed by atoms with E-state index in [4.69, 9.17) is 10.2 Å². The minimum absolute atomic E-state index is 0.102. The van der Waals surface area contributed by atoms with E-state index >= 15 is 0 Å². The summed E-state index contributed by atoms with van der Waals surface area (Å²) in [4.78, 5) is 24.5. The Hall–Kier alpha value is -1.30. The number of urea groups is 1. The molecule has 1 fully saturated rings. The number of aliphatic hydroxyl groups excluding tert-OH is 1. The van der Waals surface area contributed by atoms with Crippen molar-refractivity contribution < 1.29 is 19.8 Å². The summed E-state index contributed by atoms with van der Waals surface area (Å²) in [5.74, 6) is -1.01. The van der Waals surface area contributed by atoms with Gasteiger partial charge in [0, 0.05) is 12.6 Å². The van der Waals surface area contributed by atoms with Crippen LogP contribution < -0.4 is 5.32 Å². The molecule has 0 aromatic rings. The fourth-order valence-corrected chi connectivity index (χ4v) is 2.03. The van der Waals surface area contributed by atoms with Gasteiger partial charge in [-0.3, -0.25) is 0 Å². The monoisotopic (exact) mass is 258 g/mol. The van der Waals surface area contributed by atoms with E-state index < -0.39 is 12.0 Å². The Morgan fingerprint density at radius 1 is 1.44 bits per heavy atom. The van der Waals surface area contributed by atoms with Gasteiger partial charge >= 0.3 is 12.0 Å². The lowest BCUT2D eigenvalue weighted by Crippen LogP contribution is -2.53. The molecular weight excluding hydrogens is 236 g/mol. The van der Waals surface area contributed by atoms with Crippen molar-refractivity contribution in [3.8, 4) is 0 Å². The van der Waals surface area contributed by atoms with E-state index in [0.29, 0.717) is 12.8 Å². The molecule has 1 aliphatic carbocycles. The Bertz CT molecular complexity index is 292. The van der Waals surface area contributed by atoms with E-state index in [9.17, 15) is 9.59 Å². The molecule has 104 valence electrons. The van der Waals surface area contributed by atoms with Gasteiger partial charge < -0.3 is 20.4 Å². The van der Waals surface area contributed by atoms with Crippen LogP contribution in [0.2, 0.25) is 0 Å². The number of carbonyl (C=O) groups is 2. The van der Waals surface area contributed by atoms with Crippen molar-refractivity contribution in [2.45, 2.75) is 51.1 Å². The van der Waals surface area contributed by atoms with Crippen LogP contribution >= 0.6 is 0 Å². The Kier molecular flexibility index (Phi) is 5.91. The molecular formula is C12H22N2O4. The third kappa shape index (κ3) is 3.87. The first-order valence-corrected chi connectivity index (χ1v) is 6.51. The number of carbonyl (C=O) groups excluding carboxylic acids is 1. The molecule has 6 nitrogen and oxygen atoms in total. The highest BCUT2D eigenvalue weighted by molar-refractivity contribution is 5.82. The van der Waals surface area contributed by atoms with Crippen molar-refractivity contribution in [3.63, 3.8) is 0 Å². The molecule has 3 N–H and O–H groups in total. The van der Waals surface area contributed by atoms with Crippen LogP contribution in [0.3, 0.4) is 0 Å². The first kappa shape index (κ1) is 14.8. The molecule has 0 heterocycles. The third-order valence-electron chi connectivity index (χ3n) is 3.29. The molecule has 0 spiro atoms. The number of carboxylic acids is 1. The van der Waals surface area contributed by atoms with Crippen molar-refractivity contribution in [1.82, 2.24) is 10.2 Å². The molecule has 1 aliphatic rings. The number of carboxylic acid groups (broad SMARTS) is 1. The van der Waals surface area contributed by atoms with Crippen LogP contribution in [0, 0.1) is 0 Å². The molecule has 0 aromatic carbocycles. The van der Waals surface area contributed by atoms with E-state index in [1.54, 1.807) is 4.90 Å². The molecule has 0 aliphatic heterocycles. The van der Waals surface area contributed by atoms with Gasteiger partial charge in [0.2, 0.25) is 0 Å². The number of amides is 2. The van der Waals surface area contributed by atoms with E-state index in [0.717, 1.165) is 19.3 Å². The van der Waals surface area contributed by atoms with Crippen LogP contribution in [0.25, 0.3) is 0 Å². The average Bonchev–Trinajstić information content (AvgIpc) is 2.25. The first-order chi connectivity index (χ1) is 8.60. The normalized spacial score (nSPS) is 16.8. The van der Waals surface area contributed by atoms with Gasteiger partial charge in [-0.05, 0) is 25.7 Å². The Labute approximate surface area is 107 Å². The standard InChI is InChI=1S/C12H22N2O4/c1-2-4-10(11(16)17)13-12(18)14(7-8-15)9-5-3-6-9/h9-10,15H,2-8H2,1H3,(H,13,18)(H,16,17)/t10-/m0/s1. The van der Waals surface area contributed by atoms with Crippen LogP contribution in [0.1, 0.15) is 39.0 Å². The summed E-state index contributed by atoms with van der Waals surface area (Å²) >= 11 is 0. The molecule has 1 rings (SSSR count). The van der Waals surface area contributed by atoms with Gasteiger partial charge in [-0.2, -0.15) is 0 Å². The largest absolute Gasteiger partial charge is 0.480 e.